The van der Waals surface area contributed by atoms with Crippen LogP contribution >= 0.6 is 0 Å². The van der Waals surface area contributed by atoms with Crippen molar-refractivity contribution >= 4 is 98.3 Å². The predicted octanol–water partition coefficient (Wildman–Crippen LogP) is 24.7. The van der Waals surface area contributed by atoms with Gasteiger partial charge in [0, 0.05) is 218 Å². The molecule has 4 fully saturated rings. The second kappa shape index (κ2) is 42.6. The number of anilines is 4. The number of alkyl halides is 2. The minimum Gasteiger partial charge on any atom is -0.496 e. The number of methoxy groups -OCH3 is 3. The van der Waals surface area contributed by atoms with Crippen LogP contribution in [0.25, 0.3) is 80.3 Å². The van der Waals surface area contributed by atoms with Gasteiger partial charge in [-0.05, 0) is 273 Å². The average molecular weight is 1990 g/mol. The van der Waals surface area contributed by atoms with E-state index in [1.165, 1.54) is 125 Å². The molecule has 8 aromatic heterocycles. The lowest BCUT2D eigenvalue weighted by atomic mass is 9.74. The smallest absolute Gasteiger partial charge is 0.333 e. The van der Waals surface area contributed by atoms with E-state index >= 15 is 0 Å². The maximum atomic E-state index is 13.0. The van der Waals surface area contributed by atoms with Crippen molar-refractivity contribution in [2.45, 2.75) is 171 Å². The Hall–Kier alpha value is -15.7. The summed E-state index contributed by atoms with van der Waals surface area (Å²) in [4.78, 5) is 80.8. The van der Waals surface area contributed by atoms with Crippen molar-refractivity contribution in [3.05, 3.63) is 348 Å². The van der Waals surface area contributed by atoms with E-state index in [0.717, 1.165) is 249 Å². The Balaban J connectivity index is 0.000000116. The topological polar surface area (TPSA) is 260 Å². The molecule has 0 saturated carbocycles. The zero-order chi connectivity index (χ0) is 103. The van der Waals surface area contributed by atoms with Crippen molar-refractivity contribution in [3.8, 4) is 39.9 Å². The van der Waals surface area contributed by atoms with Crippen LogP contribution in [0, 0.1) is 45.4 Å². The number of amides is 1. The molecule has 10 aliphatic rings. The molecule has 0 atom stereocenters. The normalized spacial score (nSPS) is 17.0. The van der Waals surface area contributed by atoms with Gasteiger partial charge in [-0.15, -0.1) is 0 Å². The summed E-state index contributed by atoms with van der Waals surface area (Å²) in [6.45, 7) is 24.7. The number of benzene rings is 6. The highest BCUT2D eigenvalue weighted by molar-refractivity contribution is 6.05. The first-order valence-corrected chi connectivity index (χ1v) is 52.2. The minimum atomic E-state index is -2.64. The van der Waals surface area contributed by atoms with E-state index in [1.54, 1.807) is 59.9 Å². The van der Waals surface area contributed by atoms with Crippen molar-refractivity contribution in [1.29, 1.82) is 0 Å². The first-order valence-electron chi connectivity index (χ1n) is 52.2. The number of ether oxygens (including phenoxy) is 3. The zero-order valence-electron chi connectivity index (χ0n) is 87.3. The fourth-order valence-corrected chi connectivity index (χ4v) is 23.2. The Morgan fingerprint density at radius 1 is 0.403 bits per heavy atom. The molecular formula is C123H128F2N20O4. The van der Waals surface area contributed by atoms with Crippen molar-refractivity contribution in [1.82, 2.24) is 69.9 Å². The van der Waals surface area contributed by atoms with Crippen LogP contribution in [0.4, 0.5) is 32.1 Å². The third-order valence-electron chi connectivity index (χ3n) is 32.2. The number of aryl methyl sites for hydroxylation is 5. The highest BCUT2D eigenvalue weighted by Crippen LogP contribution is 2.50. The van der Waals surface area contributed by atoms with Crippen LogP contribution in [-0.2, 0) is 25.7 Å². The molecule has 26 heteroatoms. The standard InChI is InChI=1S/C33H36N4O.C32H35N5O2.C31H31N5O.C27H26F2N6/c1-21-6-8-24(9-7-21)26-17-28-29(18-26)34-20-35-32(28)37-14-12-33(4,13-15-37)31-19-27(23(3)36-31)25-10-11-30(38-5)22(2)16-25;1-20-14-23(6-7-28(20)38-4)25-18-29(36-21(25)2)32(3)9-12-37(13-10-32)31-26-15-24(16-27(26)34-19-35-31)22-8-11-33-30(17-22)39-5;1-20-15-27(35-29(20)22-7-4-3-5-8-22)21-11-13-36(14-12-21)30-26-17-25(18-28(26)33-19-34-30)23-9-6-10-24(16-23)31(37)32-2;1-17-11-23(33-25(17)19-5-3-2-4-6-19)18-7-9-34(10-8-18)26-22-12-20(13-24(22)30-16-31-26)21-14-32-35(15-21)27(28)29/h6-11,16-17,20H,12-15,18-19H2,1-5H3;6-8,11,14-15,17,19H,9-10,12-13,16,18H2,1-5H3;3-10,15-17,19,21,35H,11-14,18H2,1-2H3,(H,32,37);2-6,11-12,14-16,18,27,33H,7-10,13H2,1H3. The first-order chi connectivity index (χ1) is 72.4. The minimum absolute atomic E-state index is 0.0746. The molecule has 758 valence electrons. The number of nitrogens with zero attached hydrogens (tertiary/aromatic N) is 17. The summed E-state index contributed by atoms with van der Waals surface area (Å²) >= 11 is 0. The van der Waals surface area contributed by atoms with Gasteiger partial charge in [0.25, 0.3) is 5.91 Å². The number of halogens is 2. The van der Waals surface area contributed by atoms with Crippen molar-refractivity contribution < 1.29 is 27.8 Å². The number of allylic oxidation sites excluding steroid dienone is 8. The lowest BCUT2D eigenvalue weighted by molar-refractivity contribution is 0.0565. The summed E-state index contributed by atoms with van der Waals surface area (Å²) in [5, 5.41) is 6.48. The number of carbonyl (C=O) groups is 1. The van der Waals surface area contributed by atoms with Gasteiger partial charge in [0.2, 0.25) is 5.88 Å². The molecule has 3 N–H and O–H groups in total. The fourth-order valence-electron chi connectivity index (χ4n) is 23.2. The Morgan fingerprint density at radius 2 is 0.799 bits per heavy atom. The van der Waals surface area contributed by atoms with E-state index in [-0.39, 0.29) is 16.7 Å². The number of pyridine rings is 1. The van der Waals surface area contributed by atoms with E-state index in [0.29, 0.717) is 39.9 Å². The molecule has 0 bridgehead atoms. The Bertz CT molecular complexity index is 7680. The molecule has 4 saturated heterocycles. The number of fused-ring (bicyclic) bond motifs is 4. The number of piperidine rings is 4. The van der Waals surface area contributed by atoms with Crippen LogP contribution in [0.15, 0.2) is 235 Å². The van der Waals surface area contributed by atoms with Crippen LogP contribution in [0.5, 0.6) is 17.4 Å². The van der Waals surface area contributed by atoms with Crippen LogP contribution in [0.1, 0.15) is 238 Å². The third kappa shape index (κ3) is 20.7. The number of H-pyrrole nitrogens is 2. The lowest BCUT2D eigenvalue weighted by Gasteiger charge is -2.40. The summed E-state index contributed by atoms with van der Waals surface area (Å²) in [6, 6.07) is 59.2. The van der Waals surface area contributed by atoms with Gasteiger partial charge in [0.1, 0.15) is 60.1 Å². The van der Waals surface area contributed by atoms with Crippen LogP contribution < -0.4 is 39.1 Å². The van der Waals surface area contributed by atoms with Gasteiger partial charge >= 0.3 is 6.55 Å². The number of hydrogen-bond donors (Lipinski definition) is 3. The molecule has 14 aromatic rings. The van der Waals surface area contributed by atoms with Crippen molar-refractivity contribution in [3.63, 3.8) is 0 Å². The summed E-state index contributed by atoms with van der Waals surface area (Å²) in [6.07, 6.45) is 33.5. The number of hydrogen-bond acceptors (Lipinski definition) is 20. The number of rotatable bonds is 21. The van der Waals surface area contributed by atoms with Crippen LogP contribution in [0.3, 0.4) is 0 Å². The molecule has 0 radical (unpaired) electrons. The number of aromatic amines is 2. The Morgan fingerprint density at radius 3 is 1.19 bits per heavy atom. The summed E-state index contributed by atoms with van der Waals surface area (Å²) in [5.41, 5.74) is 42.1. The van der Waals surface area contributed by atoms with E-state index in [9.17, 15) is 13.6 Å². The largest absolute Gasteiger partial charge is 0.496 e. The molecule has 0 unspecified atom stereocenters. The molecule has 149 heavy (non-hydrogen) atoms. The van der Waals surface area contributed by atoms with Crippen molar-refractivity contribution in [2.24, 2.45) is 20.8 Å². The highest BCUT2D eigenvalue weighted by atomic mass is 19.3. The zero-order valence-corrected chi connectivity index (χ0v) is 87.3. The van der Waals surface area contributed by atoms with Gasteiger partial charge < -0.3 is 49.1 Å². The van der Waals surface area contributed by atoms with E-state index in [2.05, 4.69) is 284 Å². The van der Waals surface area contributed by atoms with Gasteiger partial charge in [-0.3, -0.25) is 14.8 Å². The van der Waals surface area contributed by atoms with Gasteiger partial charge in [-0.2, -0.15) is 13.9 Å². The average Bonchev–Trinajstić information content (AvgIpc) is 1.64. The summed E-state index contributed by atoms with van der Waals surface area (Å²) < 4.78 is 42.8. The van der Waals surface area contributed by atoms with E-state index < -0.39 is 6.55 Å². The second-order valence-corrected chi connectivity index (χ2v) is 41.6. The van der Waals surface area contributed by atoms with Gasteiger partial charge in [0.15, 0.2) is 0 Å². The monoisotopic (exact) mass is 1990 g/mol. The highest BCUT2D eigenvalue weighted by Gasteiger charge is 2.42. The molecule has 24 rings (SSSR count). The molecule has 6 aliphatic heterocycles. The molecule has 6 aromatic carbocycles. The quantitative estimate of drug-likeness (QED) is 0.0604. The van der Waals surface area contributed by atoms with E-state index in [4.69, 9.17) is 39.1 Å². The predicted molar refractivity (Wildman–Crippen MR) is 594 cm³/mol. The fraction of sp³-hybridized carbons (Fsp3) is 0.325. The first kappa shape index (κ1) is 99.3. The summed E-state index contributed by atoms with van der Waals surface area (Å²) in [7, 11) is 6.75. The van der Waals surface area contributed by atoms with Crippen LogP contribution in [-0.4, -0.2) is 163 Å². The Labute approximate surface area is 870 Å². The van der Waals surface area contributed by atoms with Crippen LogP contribution in [0.2, 0.25) is 0 Å². The number of carbonyl (C=O) groups excluding carboxylic acids is 1. The number of nitrogens with one attached hydrogen (secondary N) is 3. The lowest BCUT2D eigenvalue weighted by Crippen LogP contribution is -2.43. The molecule has 0 spiro atoms. The molecular weight excluding hydrogens is 1860 g/mol. The Kier molecular flexibility index (Phi) is 28.4. The molecule has 4 aliphatic carbocycles. The van der Waals surface area contributed by atoms with Gasteiger partial charge in [-0.25, -0.2) is 49.5 Å². The number of aliphatic imine (C=N–C) groups is 2. The van der Waals surface area contributed by atoms with Gasteiger partial charge in [-0.1, -0.05) is 129 Å². The summed E-state index contributed by atoms with van der Waals surface area (Å²) in [5.74, 6) is 7.46. The maximum absolute atomic E-state index is 13.0. The third-order valence-corrected chi connectivity index (χ3v) is 32.2. The maximum Gasteiger partial charge on any atom is 0.333 e. The van der Waals surface area contributed by atoms with Crippen molar-refractivity contribution in [2.75, 3.05) is 100 Å². The second-order valence-electron chi connectivity index (χ2n) is 41.6. The number of aromatic nitrogens is 13. The molecule has 1 amide bonds. The SMILES string of the molecule is CNC(=O)c1cccc(C2=Cc3c(ncnc3N3CCC(c4cc(C)c(-c5ccccc5)[nH]4)CC3)C2)c1.COc1cc(C2=Cc3c(ncnc3N3CCC(C)(C4=NC(C)=C(c5ccc(OC)c(C)c5)C4)CC3)C2)ccn1.COc1ccc(C2=C(C)N=C(C3(C)CCN(c4ncnc5c4C=C(c4ccc(C)cc4)C5)CC3)C2)cc1C.Cc1cc(C2CCN(c3ncnc4c3C=C(c3cnn(C(F)F)c3)C4)CC2)[nH]c1-c1ccccc1. The molecule has 24 nitrogen and oxygen atoms in total. The van der Waals surface area contributed by atoms with Gasteiger partial charge in [0.05, 0.1) is 50.3 Å². The van der Waals surface area contributed by atoms with E-state index in [1.807, 2.05) is 42.5 Å². The molecule has 14 heterocycles.